The maximum atomic E-state index is 13.2. The van der Waals surface area contributed by atoms with Crippen LogP contribution in [0.1, 0.15) is 36.2 Å². The summed E-state index contributed by atoms with van der Waals surface area (Å²) in [7, 11) is 3.32. The molecule has 3 aliphatic rings. The Morgan fingerprint density at radius 3 is 2.70 bits per heavy atom. The summed E-state index contributed by atoms with van der Waals surface area (Å²) in [5, 5.41) is 4.25. The van der Waals surface area contributed by atoms with Crippen molar-refractivity contribution in [3.63, 3.8) is 0 Å². The van der Waals surface area contributed by atoms with Gasteiger partial charge in [-0.05, 0) is 48.9 Å². The normalized spacial score (nSPS) is 22.3. The number of carbonyl (C=O) groups is 1. The summed E-state index contributed by atoms with van der Waals surface area (Å²) in [5.41, 5.74) is 2.09. The fourth-order valence-corrected chi connectivity index (χ4v) is 5.19. The van der Waals surface area contributed by atoms with E-state index in [1.807, 2.05) is 9.58 Å². The van der Waals surface area contributed by atoms with E-state index in [-0.39, 0.29) is 17.4 Å². The van der Waals surface area contributed by atoms with Gasteiger partial charge in [-0.25, -0.2) is 9.67 Å². The minimum Gasteiger partial charge on any atom is -0.493 e. The number of amides is 1. The number of aryl methyl sites for hydroxylation is 1. The molecule has 0 bridgehead atoms. The lowest BCUT2D eigenvalue weighted by Crippen LogP contribution is -2.50. The first-order valence-corrected chi connectivity index (χ1v) is 10.7. The van der Waals surface area contributed by atoms with E-state index >= 15 is 0 Å². The summed E-state index contributed by atoms with van der Waals surface area (Å²) in [5.74, 6) is 2.68. The summed E-state index contributed by atoms with van der Waals surface area (Å²) < 4.78 is 19.3. The van der Waals surface area contributed by atoms with Crippen molar-refractivity contribution >= 4 is 5.91 Å². The zero-order valence-corrected chi connectivity index (χ0v) is 17.6. The van der Waals surface area contributed by atoms with Gasteiger partial charge in [0.25, 0.3) is 0 Å². The molecule has 1 saturated heterocycles. The van der Waals surface area contributed by atoms with Gasteiger partial charge in [-0.2, -0.15) is 5.10 Å². The first-order chi connectivity index (χ1) is 14.6. The minimum atomic E-state index is -0.352. The number of ether oxygens (including phenoxy) is 3. The van der Waals surface area contributed by atoms with Crippen LogP contribution in [-0.4, -0.2) is 59.5 Å². The zero-order chi connectivity index (χ0) is 20.7. The van der Waals surface area contributed by atoms with Crippen molar-refractivity contribution in [2.75, 3.05) is 33.9 Å². The van der Waals surface area contributed by atoms with Crippen molar-refractivity contribution in [1.29, 1.82) is 0 Å². The number of carbonyl (C=O) groups excluding carboxylic acids is 1. The Morgan fingerprint density at radius 1 is 1.17 bits per heavy atom. The van der Waals surface area contributed by atoms with Crippen molar-refractivity contribution in [1.82, 2.24) is 19.7 Å². The second kappa shape index (κ2) is 7.58. The topological polar surface area (TPSA) is 78.7 Å². The number of hydrogen-bond donors (Lipinski definition) is 0. The molecule has 0 N–H and O–H groups in total. The molecule has 0 aliphatic carbocycles. The Kier molecular flexibility index (Phi) is 4.89. The van der Waals surface area contributed by atoms with E-state index in [1.54, 1.807) is 20.5 Å². The Balaban J connectivity index is 1.32. The van der Waals surface area contributed by atoms with E-state index in [0.29, 0.717) is 26.2 Å². The number of methoxy groups -OCH3 is 2. The van der Waals surface area contributed by atoms with Gasteiger partial charge in [0.15, 0.2) is 11.5 Å². The molecular formula is C22H28N4O4. The Hall–Kier alpha value is -2.61. The molecule has 1 aromatic carbocycles. The molecule has 0 saturated carbocycles. The highest BCUT2D eigenvalue weighted by atomic mass is 16.5. The third kappa shape index (κ3) is 3.14. The van der Waals surface area contributed by atoms with Crippen molar-refractivity contribution in [2.45, 2.75) is 44.2 Å². The Bertz CT molecular complexity index is 949. The summed E-state index contributed by atoms with van der Waals surface area (Å²) in [6.45, 7) is 2.72. The summed E-state index contributed by atoms with van der Waals surface area (Å²) in [6.07, 6.45) is 5.68. The first-order valence-electron chi connectivity index (χ1n) is 10.7. The lowest BCUT2D eigenvalue weighted by atomic mass is 9.79. The van der Waals surface area contributed by atoms with E-state index < -0.39 is 0 Å². The molecular weight excluding hydrogens is 384 g/mol. The van der Waals surface area contributed by atoms with Crippen molar-refractivity contribution in [3.05, 3.63) is 35.4 Å². The van der Waals surface area contributed by atoms with Crippen molar-refractivity contribution < 1.29 is 19.0 Å². The largest absolute Gasteiger partial charge is 0.493 e. The van der Waals surface area contributed by atoms with E-state index in [4.69, 9.17) is 14.2 Å². The van der Waals surface area contributed by atoms with Crippen LogP contribution in [0.25, 0.3) is 0 Å². The fourth-order valence-electron chi connectivity index (χ4n) is 5.19. The molecule has 8 nitrogen and oxygen atoms in total. The van der Waals surface area contributed by atoms with Crippen molar-refractivity contribution in [3.8, 4) is 11.5 Å². The molecule has 1 fully saturated rings. The van der Waals surface area contributed by atoms with Crippen LogP contribution in [0.2, 0.25) is 0 Å². The van der Waals surface area contributed by atoms with Gasteiger partial charge in [-0.15, -0.1) is 0 Å². The number of piperidine rings is 1. The van der Waals surface area contributed by atoms with E-state index in [9.17, 15) is 4.79 Å². The van der Waals surface area contributed by atoms with Crippen molar-refractivity contribution in [2.24, 2.45) is 5.92 Å². The number of rotatable bonds is 3. The molecule has 8 heteroatoms. The van der Waals surface area contributed by atoms with Gasteiger partial charge < -0.3 is 19.1 Å². The van der Waals surface area contributed by atoms with E-state index in [1.165, 1.54) is 11.1 Å². The van der Waals surface area contributed by atoms with Crippen LogP contribution in [0.4, 0.5) is 0 Å². The first kappa shape index (κ1) is 19.4. The molecule has 1 unspecified atom stereocenters. The van der Waals surface area contributed by atoms with Crippen LogP contribution >= 0.6 is 0 Å². The molecule has 1 aromatic heterocycles. The highest BCUT2D eigenvalue weighted by Gasteiger charge is 2.43. The summed E-state index contributed by atoms with van der Waals surface area (Å²) >= 11 is 0. The van der Waals surface area contributed by atoms with Gasteiger partial charge in [-0.1, -0.05) is 0 Å². The van der Waals surface area contributed by atoms with Crippen LogP contribution in [0, 0.1) is 5.92 Å². The van der Waals surface area contributed by atoms with Gasteiger partial charge in [-0.3, -0.25) is 4.79 Å². The maximum Gasteiger partial charge on any atom is 0.227 e. The van der Waals surface area contributed by atoms with Crippen LogP contribution in [0.15, 0.2) is 18.5 Å². The van der Waals surface area contributed by atoms with Crippen LogP contribution < -0.4 is 9.47 Å². The number of likely N-dealkylation sites (tertiary alicyclic amines) is 1. The summed E-state index contributed by atoms with van der Waals surface area (Å²) in [4.78, 5) is 19.4. The minimum absolute atomic E-state index is 0.0165. The number of aromatic nitrogens is 3. The SMILES string of the molecule is COc1cc2c(cc1OC)C1(CCN(C(=O)C3CCc4ncnn4C3)CC1)OCC2. The molecule has 30 heavy (non-hydrogen) atoms. The smallest absolute Gasteiger partial charge is 0.227 e. The third-order valence-corrected chi connectivity index (χ3v) is 6.89. The second-order valence-corrected chi connectivity index (χ2v) is 8.38. The van der Waals surface area contributed by atoms with Gasteiger partial charge in [0.2, 0.25) is 5.91 Å². The average molecular weight is 412 g/mol. The second-order valence-electron chi connectivity index (χ2n) is 8.38. The van der Waals surface area contributed by atoms with Gasteiger partial charge in [0.05, 0.1) is 38.9 Å². The fraction of sp³-hybridized carbons (Fsp3) is 0.591. The number of hydrogen-bond acceptors (Lipinski definition) is 6. The zero-order valence-electron chi connectivity index (χ0n) is 17.6. The number of benzene rings is 1. The molecule has 1 atom stereocenters. The standard InChI is InChI=1S/C22H28N4O4/c1-28-18-11-15-5-10-30-22(17(15)12-19(18)29-2)6-8-25(9-7-22)21(27)16-3-4-20-23-14-24-26(20)13-16/h11-12,14,16H,3-10,13H2,1-2H3. The molecule has 4 heterocycles. The van der Waals surface area contributed by atoms with Gasteiger partial charge >= 0.3 is 0 Å². The quantitative estimate of drug-likeness (QED) is 0.767. The molecule has 3 aliphatic heterocycles. The van der Waals surface area contributed by atoms with Gasteiger partial charge in [0, 0.05) is 19.5 Å². The van der Waals surface area contributed by atoms with Crippen LogP contribution in [0.5, 0.6) is 11.5 Å². The molecule has 2 aromatic rings. The van der Waals surface area contributed by atoms with Crippen LogP contribution in [0.3, 0.4) is 0 Å². The predicted molar refractivity (Wildman–Crippen MR) is 109 cm³/mol. The molecule has 1 spiro atoms. The monoisotopic (exact) mass is 412 g/mol. The number of nitrogens with zero attached hydrogens (tertiary/aromatic N) is 4. The lowest BCUT2D eigenvalue weighted by Gasteiger charge is -2.45. The maximum absolute atomic E-state index is 13.2. The molecule has 160 valence electrons. The van der Waals surface area contributed by atoms with E-state index in [0.717, 1.165) is 49.4 Å². The lowest BCUT2D eigenvalue weighted by molar-refractivity contribution is -0.145. The highest BCUT2D eigenvalue weighted by Crippen LogP contribution is 2.45. The predicted octanol–water partition coefficient (Wildman–Crippen LogP) is 1.95. The molecule has 0 radical (unpaired) electrons. The summed E-state index contributed by atoms with van der Waals surface area (Å²) in [6, 6.07) is 4.14. The highest BCUT2D eigenvalue weighted by molar-refractivity contribution is 5.79. The molecule has 1 amide bonds. The average Bonchev–Trinajstić information content (AvgIpc) is 3.26. The Morgan fingerprint density at radius 2 is 1.93 bits per heavy atom. The van der Waals surface area contributed by atoms with Gasteiger partial charge in [0.1, 0.15) is 12.2 Å². The van der Waals surface area contributed by atoms with E-state index in [2.05, 4.69) is 22.2 Å². The third-order valence-electron chi connectivity index (χ3n) is 6.89. The van der Waals surface area contributed by atoms with Crippen LogP contribution in [-0.2, 0) is 34.5 Å². The Labute approximate surface area is 176 Å². The number of fused-ring (bicyclic) bond motifs is 3. The molecule has 5 rings (SSSR count).